The zero-order valence-corrected chi connectivity index (χ0v) is 15.9. The highest BCUT2D eigenvalue weighted by Gasteiger charge is 2.03. The van der Waals surface area contributed by atoms with Gasteiger partial charge in [0.15, 0.2) is 0 Å². The molecule has 0 N–H and O–H groups in total. The maximum atomic E-state index is 2.46. The van der Waals surface area contributed by atoms with Crippen LogP contribution in [0.4, 0.5) is 0 Å². The van der Waals surface area contributed by atoms with E-state index in [1.54, 1.807) is 0 Å². The lowest BCUT2D eigenvalue weighted by Crippen LogP contribution is -1.92. The van der Waals surface area contributed by atoms with Gasteiger partial charge in [0.25, 0.3) is 0 Å². The normalized spacial score (nSPS) is 13.4. The Morgan fingerprint density at radius 1 is 0.875 bits per heavy atom. The van der Waals surface area contributed by atoms with Crippen molar-refractivity contribution in [2.45, 2.75) is 72.1 Å². The second-order valence-electron chi connectivity index (χ2n) is 7.30. The van der Waals surface area contributed by atoms with Gasteiger partial charge in [0.05, 0.1) is 0 Å². The first-order chi connectivity index (χ1) is 11.7. The Balaban J connectivity index is 1.80. The lowest BCUT2D eigenvalue weighted by atomic mass is 9.96. The standard InChI is InChI=1S/C24H34/c1-4-5-6-7-8-9-10-13-20(2)18-21(3)23-17-16-22-14-11-12-15-24(22)19-23/h11-12,14-20H,4-10,13H2,1-3H3/b21-18-. The summed E-state index contributed by atoms with van der Waals surface area (Å²) in [6, 6.07) is 15.4. The van der Waals surface area contributed by atoms with Crippen molar-refractivity contribution in [3.05, 3.63) is 54.1 Å². The molecule has 1 atom stereocenters. The van der Waals surface area contributed by atoms with Gasteiger partial charge in [-0.2, -0.15) is 0 Å². The molecule has 0 heterocycles. The van der Waals surface area contributed by atoms with Crippen LogP contribution in [0.3, 0.4) is 0 Å². The molecule has 2 rings (SSSR count). The molecule has 2 aromatic rings. The molecule has 0 aliphatic heterocycles. The maximum Gasteiger partial charge on any atom is -0.0178 e. The van der Waals surface area contributed by atoms with Gasteiger partial charge >= 0.3 is 0 Å². The highest BCUT2D eigenvalue weighted by molar-refractivity contribution is 5.86. The number of unbranched alkanes of at least 4 members (excludes halogenated alkanes) is 6. The minimum absolute atomic E-state index is 0.673. The molecule has 0 fully saturated rings. The number of hydrogen-bond acceptors (Lipinski definition) is 0. The van der Waals surface area contributed by atoms with Crippen LogP contribution in [-0.4, -0.2) is 0 Å². The Labute approximate surface area is 149 Å². The fourth-order valence-corrected chi connectivity index (χ4v) is 3.46. The predicted molar refractivity (Wildman–Crippen MR) is 109 cm³/mol. The summed E-state index contributed by atoms with van der Waals surface area (Å²) in [6.07, 6.45) is 13.6. The summed E-state index contributed by atoms with van der Waals surface area (Å²) in [4.78, 5) is 0. The Morgan fingerprint density at radius 2 is 1.54 bits per heavy atom. The van der Waals surface area contributed by atoms with Crippen molar-refractivity contribution in [2.75, 3.05) is 0 Å². The molecule has 0 amide bonds. The molecule has 130 valence electrons. The molecule has 0 saturated carbocycles. The first-order valence-corrected chi connectivity index (χ1v) is 9.88. The van der Waals surface area contributed by atoms with Gasteiger partial charge in [0.2, 0.25) is 0 Å². The Bertz CT molecular complexity index is 635. The van der Waals surface area contributed by atoms with Gasteiger partial charge in [0, 0.05) is 0 Å². The van der Waals surface area contributed by atoms with Gasteiger partial charge in [-0.25, -0.2) is 0 Å². The van der Waals surface area contributed by atoms with Crippen molar-refractivity contribution in [1.29, 1.82) is 0 Å². The Kier molecular flexibility index (Phi) is 8.08. The van der Waals surface area contributed by atoms with Crippen LogP contribution in [0.2, 0.25) is 0 Å². The van der Waals surface area contributed by atoms with E-state index in [0.717, 1.165) is 0 Å². The van der Waals surface area contributed by atoms with E-state index in [1.165, 1.54) is 73.3 Å². The molecule has 0 aromatic heterocycles. The summed E-state index contributed by atoms with van der Waals surface area (Å²) in [7, 11) is 0. The molecule has 0 bridgehead atoms. The fourth-order valence-electron chi connectivity index (χ4n) is 3.46. The van der Waals surface area contributed by atoms with Crippen molar-refractivity contribution in [3.8, 4) is 0 Å². The molecule has 0 aliphatic carbocycles. The predicted octanol–water partition coefficient (Wildman–Crippen LogP) is 8.02. The van der Waals surface area contributed by atoms with Crippen LogP contribution in [-0.2, 0) is 0 Å². The van der Waals surface area contributed by atoms with E-state index >= 15 is 0 Å². The second-order valence-corrected chi connectivity index (χ2v) is 7.30. The van der Waals surface area contributed by atoms with Crippen LogP contribution < -0.4 is 0 Å². The summed E-state index contributed by atoms with van der Waals surface area (Å²) in [5.74, 6) is 0.673. The van der Waals surface area contributed by atoms with Gasteiger partial charge in [-0.05, 0) is 47.2 Å². The van der Waals surface area contributed by atoms with E-state index in [9.17, 15) is 0 Å². The SMILES string of the molecule is CCCCCCCCCC(C)/C=C(/C)c1ccc2ccccc2c1. The molecule has 0 saturated heterocycles. The minimum Gasteiger partial charge on any atom is -0.0782 e. The quantitative estimate of drug-likeness (QED) is 0.388. The van der Waals surface area contributed by atoms with Gasteiger partial charge in [-0.1, -0.05) is 101 Å². The third-order valence-corrected chi connectivity index (χ3v) is 5.00. The van der Waals surface area contributed by atoms with Crippen LogP contribution >= 0.6 is 0 Å². The molecule has 0 heteroatoms. The molecule has 0 aliphatic rings. The van der Waals surface area contributed by atoms with Gasteiger partial charge in [-0.15, -0.1) is 0 Å². The molecule has 24 heavy (non-hydrogen) atoms. The molecular formula is C24H34. The zero-order valence-electron chi connectivity index (χ0n) is 15.9. The molecule has 2 aromatic carbocycles. The molecule has 0 radical (unpaired) electrons. The first kappa shape index (κ1) is 18.8. The maximum absolute atomic E-state index is 2.46. The smallest absolute Gasteiger partial charge is 0.0178 e. The van der Waals surface area contributed by atoms with E-state index < -0.39 is 0 Å². The number of hydrogen-bond donors (Lipinski definition) is 0. The number of benzene rings is 2. The summed E-state index contributed by atoms with van der Waals surface area (Å²) in [5.41, 5.74) is 2.77. The lowest BCUT2D eigenvalue weighted by Gasteiger charge is -2.10. The van der Waals surface area contributed by atoms with Crippen molar-refractivity contribution in [2.24, 2.45) is 5.92 Å². The third kappa shape index (κ3) is 6.15. The van der Waals surface area contributed by atoms with E-state index in [2.05, 4.69) is 69.3 Å². The average Bonchev–Trinajstić information content (AvgIpc) is 2.60. The molecule has 1 unspecified atom stereocenters. The molecule has 0 nitrogen and oxygen atoms in total. The van der Waals surface area contributed by atoms with Crippen molar-refractivity contribution in [1.82, 2.24) is 0 Å². The molecular weight excluding hydrogens is 288 g/mol. The number of rotatable bonds is 10. The average molecular weight is 323 g/mol. The zero-order chi connectivity index (χ0) is 17.2. The van der Waals surface area contributed by atoms with E-state index in [0.29, 0.717) is 5.92 Å². The fraction of sp³-hybridized carbons (Fsp3) is 0.500. The van der Waals surface area contributed by atoms with Crippen molar-refractivity contribution >= 4 is 16.3 Å². The van der Waals surface area contributed by atoms with Gasteiger partial charge in [0.1, 0.15) is 0 Å². The van der Waals surface area contributed by atoms with Crippen LogP contribution in [0, 0.1) is 5.92 Å². The number of fused-ring (bicyclic) bond motifs is 1. The minimum atomic E-state index is 0.673. The summed E-state index contributed by atoms with van der Waals surface area (Å²) < 4.78 is 0. The van der Waals surface area contributed by atoms with E-state index in [4.69, 9.17) is 0 Å². The van der Waals surface area contributed by atoms with Crippen LogP contribution in [0.25, 0.3) is 16.3 Å². The van der Waals surface area contributed by atoms with Gasteiger partial charge < -0.3 is 0 Å². The summed E-state index contributed by atoms with van der Waals surface area (Å²) >= 11 is 0. The van der Waals surface area contributed by atoms with Crippen molar-refractivity contribution in [3.63, 3.8) is 0 Å². The monoisotopic (exact) mass is 322 g/mol. The second kappa shape index (κ2) is 10.3. The van der Waals surface area contributed by atoms with Gasteiger partial charge in [-0.3, -0.25) is 0 Å². The van der Waals surface area contributed by atoms with E-state index in [-0.39, 0.29) is 0 Å². The van der Waals surface area contributed by atoms with Crippen LogP contribution in [0.5, 0.6) is 0 Å². The first-order valence-electron chi connectivity index (χ1n) is 9.88. The van der Waals surface area contributed by atoms with Crippen molar-refractivity contribution < 1.29 is 0 Å². The summed E-state index contributed by atoms with van der Waals surface area (Å²) in [6.45, 7) is 6.90. The Morgan fingerprint density at radius 3 is 2.29 bits per heavy atom. The topological polar surface area (TPSA) is 0 Å². The van der Waals surface area contributed by atoms with E-state index in [1.807, 2.05) is 0 Å². The lowest BCUT2D eigenvalue weighted by molar-refractivity contribution is 0.537. The van der Waals surface area contributed by atoms with Crippen LogP contribution in [0.15, 0.2) is 48.5 Å². The molecule has 0 spiro atoms. The summed E-state index contributed by atoms with van der Waals surface area (Å²) in [5, 5.41) is 2.66. The highest BCUT2D eigenvalue weighted by atomic mass is 14.1. The van der Waals surface area contributed by atoms with Crippen LogP contribution in [0.1, 0.15) is 77.7 Å². The highest BCUT2D eigenvalue weighted by Crippen LogP contribution is 2.23. The Hall–Kier alpha value is -1.56. The third-order valence-electron chi connectivity index (χ3n) is 5.00. The number of allylic oxidation sites excluding steroid dienone is 2. The largest absolute Gasteiger partial charge is 0.0782 e.